The van der Waals surface area contributed by atoms with E-state index in [2.05, 4.69) is 9.97 Å². The molecule has 1 aliphatic rings. The van der Waals surface area contributed by atoms with E-state index in [-0.39, 0.29) is 11.6 Å². The second kappa shape index (κ2) is 8.29. The maximum atomic E-state index is 13.0. The molecule has 0 aromatic carbocycles. The lowest BCUT2D eigenvalue weighted by molar-refractivity contribution is -0.385. The Morgan fingerprint density at radius 2 is 1.97 bits per heavy atom. The van der Waals surface area contributed by atoms with Crippen molar-refractivity contribution in [3.8, 4) is 0 Å². The third-order valence-electron chi connectivity index (χ3n) is 5.12. The Kier molecular flexibility index (Phi) is 5.81. The molecular formula is C19H23N5O5. The van der Waals surface area contributed by atoms with Crippen LogP contribution >= 0.6 is 0 Å². The molecule has 0 spiro atoms. The number of nitrogens with zero attached hydrogens (tertiary/aromatic N) is 4. The van der Waals surface area contributed by atoms with Crippen molar-refractivity contribution in [2.75, 3.05) is 38.2 Å². The number of amides is 1. The first kappa shape index (κ1) is 20.3. The van der Waals surface area contributed by atoms with Crippen molar-refractivity contribution in [3.05, 3.63) is 51.0 Å². The summed E-state index contributed by atoms with van der Waals surface area (Å²) in [5, 5.41) is 10.8. The summed E-state index contributed by atoms with van der Waals surface area (Å²) in [6.45, 7) is 5.71. The van der Waals surface area contributed by atoms with Crippen molar-refractivity contribution >= 4 is 23.4 Å². The molecule has 0 unspecified atom stereocenters. The zero-order valence-corrected chi connectivity index (χ0v) is 16.6. The van der Waals surface area contributed by atoms with Gasteiger partial charge < -0.3 is 19.5 Å². The van der Waals surface area contributed by atoms with Crippen molar-refractivity contribution in [1.29, 1.82) is 0 Å². The molecule has 0 bridgehead atoms. The fourth-order valence-corrected chi connectivity index (χ4v) is 3.49. The Morgan fingerprint density at radius 3 is 2.48 bits per heavy atom. The number of carbonyl (C=O) groups is 2. The molecule has 2 aromatic rings. The summed E-state index contributed by atoms with van der Waals surface area (Å²) in [4.78, 5) is 46.3. The predicted molar refractivity (Wildman–Crippen MR) is 105 cm³/mol. The Morgan fingerprint density at radius 1 is 1.28 bits per heavy atom. The number of hydrogen-bond acceptors (Lipinski definition) is 7. The van der Waals surface area contributed by atoms with Crippen molar-refractivity contribution in [1.82, 2.24) is 14.9 Å². The molecule has 154 valence electrons. The predicted octanol–water partition coefficient (Wildman–Crippen LogP) is 1.94. The minimum atomic E-state index is -0.487. The maximum absolute atomic E-state index is 13.0. The summed E-state index contributed by atoms with van der Waals surface area (Å²) in [6.07, 6.45) is 1.81. The monoisotopic (exact) mass is 401 g/mol. The minimum absolute atomic E-state index is 0.0575. The SMILES string of the molecule is CCc1[nH]c(C(=O)N2CCN(c3ccc([N+](=O)[O-])cn3)CC2)c(C)c1C(=O)OC. The number of ether oxygens (including phenoxy) is 1. The second-order valence-corrected chi connectivity index (χ2v) is 6.73. The van der Waals surface area contributed by atoms with E-state index >= 15 is 0 Å². The Hall–Kier alpha value is -3.43. The normalized spacial score (nSPS) is 14.0. The van der Waals surface area contributed by atoms with Crippen molar-refractivity contribution < 1.29 is 19.2 Å². The molecule has 2 aromatic heterocycles. The second-order valence-electron chi connectivity index (χ2n) is 6.73. The number of aryl methyl sites for hydroxylation is 1. The van der Waals surface area contributed by atoms with Gasteiger partial charge in [-0.05, 0) is 25.0 Å². The van der Waals surface area contributed by atoms with Crippen molar-refractivity contribution in [2.45, 2.75) is 20.3 Å². The van der Waals surface area contributed by atoms with Crippen molar-refractivity contribution in [2.24, 2.45) is 0 Å². The number of carbonyl (C=O) groups excluding carboxylic acids is 2. The average Bonchev–Trinajstić information content (AvgIpc) is 3.09. The summed E-state index contributed by atoms with van der Waals surface area (Å²) < 4.78 is 4.84. The molecule has 1 N–H and O–H groups in total. The van der Waals surface area contributed by atoms with Crippen LogP contribution in [-0.2, 0) is 11.2 Å². The lowest BCUT2D eigenvalue weighted by Gasteiger charge is -2.35. The standard InChI is InChI=1S/C19H23N5O5/c1-4-14-16(19(26)29-3)12(2)17(21-14)18(25)23-9-7-22(8-10-23)15-6-5-13(11-20-15)24(27)28/h5-6,11,21H,4,7-10H2,1-3H3. The average molecular weight is 401 g/mol. The Labute approximate surface area is 167 Å². The zero-order chi connectivity index (χ0) is 21.1. The summed E-state index contributed by atoms with van der Waals surface area (Å²) >= 11 is 0. The maximum Gasteiger partial charge on any atom is 0.339 e. The van der Waals surface area contributed by atoms with E-state index in [4.69, 9.17) is 4.74 Å². The molecule has 10 heteroatoms. The minimum Gasteiger partial charge on any atom is -0.465 e. The van der Waals surface area contributed by atoms with E-state index in [0.717, 1.165) is 0 Å². The van der Waals surface area contributed by atoms with E-state index in [0.29, 0.717) is 60.9 Å². The van der Waals surface area contributed by atoms with Crippen LogP contribution in [0.3, 0.4) is 0 Å². The largest absolute Gasteiger partial charge is 0.465 e. The highest BCUT2D eigenvalue weighted by Crippen LogP contribution is 2.23. The van der Waals surface area contributed by atoms with E-state index < -0.39 is 10.9 Å². The van der Waals surface area contributed by atoms with Crippen LogP contribution in [0.1, 0.15) is 39.0 Å². The van der Waals surface area contributed by atoms with E-state index in [1.165, 1.54) is 19.4 Å². The molecule has 0 aliphatic carbocycles. The third kappa shape index (κ3) is 3.91. The van der Waals surface area contributed by atoms with Gasteiger partial charge in [-0.1, -0.05) is 6.92 Å². The van der Waals surface area contributed by atoms with Gasteiger partial charge in [0.05, 0.1) is 17.6 Å². The number of pyridine rings is 1. The number of anilines is 1. The molecule has 1 aliphatic heterocycles. The molecule has 29 heavy (non-hydrogen) atoms. The highest BCUT2D eigenvalue weighted by atomic mass is 16.6. The van der Waals surface area contributed by atoms with E-state index in [1.807, 2.05) is 11.8 Å². The van der Waals surface area contributed by atoms with Crippen LogP contribution in [0.15, 0.2) is 18.3 Å². The van der Waals surface area contributed by atoms with Gasteiger partial charge in [-0.2, -0.15) is 0 Å². The molecule has 1 amide bonds. The first-order valence-corrected chi connectivity index (χ1v) is 9.31. The molecule has 10 nitrogen and oxygen atoms in total. The number of piperazine rings is 1. The van der Waals surface area contributed by atoms with Gasteiger partial charge >= 0.3 is 5.97 Å². The van der Waals surface area contributed by atoms with E-state index in [9.17, 15) is 19.7 Å². The number of H-pyrrole nitrogens is 1. The molecule has 0 saturated carbocycles. The van der Waals surface area contributed by atoms with Crippen LogP contribution in [0.2, 0.25) is 0 Å². The summed E-state index contributed by atoms with van der Waals surface area (Å²) in [5.41, 5.74) is 2.05. The molecule has 3 rings (SSSR count). The first-order chi connectivity index (χ1) is 13.9. The van der Waals surface area contributed by atoms with Crippen LogP contribution in [0, 0.1) is 17.0 Å². The Bertz CT molecular complexity index is 929. The fraction of sp³-hybridized carbons (Fsp3) is 0.421. The quantitative estimate of drug-likeness (QED) is 0.461. The van der Waals surface area contributed by atoms with Gasteiger partial charge in [0.1, 0.15) is 17.7 Å². The number of nitrogens with one attached hydrogen (secondary N) is 1. The first-order valence-electron chi connectivity index (χ1n) is 9.31. The van der Waals surface area contributed by atoms with Gasteiger partial charge in [0.25, 0.3) is 11.6 Å². The molecule has 1 fully saturated rings. The molecule has 0 radical (unpaired) electrons. The zero-order valence-electron chi connectivity index (χ0n) is 16.6. The van der Waals surface area contributed by atoms with Crippen LogP contribution < -0.4 is 4.90 Å². The van der Waals surface area contributed by atoms with Crippen LogP contribution in [-0.4, -0.2) is 65.0 Å². The summed E-state index contributed by atoms with van der Waals surface area (Å²) in [6, 6.07) is 3.03. The summed E-state index contributed by atoms with van der Waals surface area (Å²) in [5.74, 6) is 0.0207. The van der Waals surface area contributed by atoms with Gasteiger partial charge in [0.15, 0.2) is 0 Å². The lowest BCUT2D eigenvalue weighted by Crippen LogP contribution is -2.49. The van der Waals surface area contributed by atoms with Crippen LogP contribution in [0.5, 0.6) is 0 Å². The highest BCUT2D eigenvalue weighted by Gasteiger charge is 2.29. The topological polar surface area (TPSA) is 122 Å². The number of rotatable bonds is 5. The van der Waals surface area contributed by atoms with Crippen LogP contribution in [0.4, 0.5) is 11.5 Å². The number of aromatic amines is 1. The smallest absolute Gasteiger partial charge is 0.339 e. The van der Waals surface area contributed by atoms with Gasteiger partial charge in [-0.25, -0.2) is 9.78 Å². The van der Waals surface area contributed by atoms with Gasteiger partial charge in [0, 0.05) is 37.9 Å². The Balaban J connectivity index is 1.71. The van der Waals surface area contributed by atoms with Crippen molar-refractivity contribution in [3.63, 3.8) is 0 Å². The number of esters is 1. The number of nitro groups is 1. The third-order valence-corrected chi connectivity index (χ3v) is 5.12. The molecule has 1 saturated heterocycles. The number of methoxy groups -OCH3 is 1. The van der Waals surface area contributed by atoms with Gasteiger partial charge in [0.2, 0.25) is 0 Å². The molecule has 0 atom stereocenters. The number of aromatic nitrogens is 2. The molecular weight excluding hydrogens is 378 g/mol. The van der Waals surface area contributed by atoms with Gasteiger partial charge in [-0.3, -0.25) is 14.9 Å². The molecule has 3 heterocycles. The lowest BCUT2D eigenvalue weighted by atomic mass is 10.1. The van der Waals surface area contributed by atoms with E-state index in [1.54, 1.807) is 17.9 Å². The fourth-order valence-electron chi connectivity index (χ4n) is 3.49. The van der Waals surface area contributed by atoms with Gasteiger partial charge in [-0.15, -0.1) is 0 Å². The van der Waals surface area contributed by atoms with Crippen LogP contribution in [0.25, 0.3) is 0 Å². The highest BCUT2D eigenvalue weighted by molar-refractivity contribution is 6.00. The summed E-state index contributed by atoms with van der Waals surface area (Å²) in [7, 11) is 1.32. The number of hydrogen-bond donors (Lipinski definition) is 1.